The maximum atomic E-state index is 13.5. The predicted octanol–water partition coefficient (Wildman–Crippen LogP) is 2.29. The highest BCUT2D eigenvalue weighted by Crippen LogP contribution is 2.23. The molecule has 0 spiro atoms. The van der Waals surface area contributed by atoms with Gasteiger partial charge in [0.15, 0.2) is 0 Å². The summed E-state index contributed by atoms with van der Waals surface area (Å²) < 4.78 is 33.0. The summed E-state index contributed by atoms with van der Waals surface area (Å²) in [7, 11) is 1.80. The van der Waals surface area contributed by atoms with E-state index in [1.807, 2.05) is 6.20 Å². The van der Waals surface area contributed by atoms with Crippen LogP contribution in [-0.2, 0) is 23.2 Å². The van der Waals surface area contributed by atoms with Crippen LogP contribution in [-0.4, -0.2) is 33.2 Å². The second-order valence-corrected chi connectivity index (χ2v) is 6.37. The number of amides is 1. The molecule has 0 saturated heterocycles. The Kier molecular flexibility index (Phi) is 5.55. The Morgan fingerprint density at radius 1 is 1.33 bits per heavy atom. The number of ether oxygens (including phenoxy) is 1. The van der Waals surface area contributed by atoms with E-state index in [4.69, 9.17) is 4.74 Å². The second-order valence-electron chi connectivity index (χ2n) is 5.51. The van der Waals surface area contributed by atoms with Crippen molar-refractivity contribution in [3.63, 3.8) is 0 Å². The lowest BCUT2D eigenvalue weighted by Gasteiger charge is -2.06. The van der Waals surface area contributed by atoms with Crippen molar-refractivity contribution in [3.8, 4) is 10.6 Å². The monoisotopic (exact) mass is 392 g/mol. The van der Waals surface area contributed by atoms with Crippen molar-refractivity contribution in [2.75, 3.05) is 6.54 Å². The van der Waals surface area contributed by atoms with Crippen LogP contribution in [0.4, 0.5) is 8.78 Å². The highest BCUT2D eigenvalue weighted by atomic mass is 32.1. The van der Waals surface area contributed by atoms with Crippen LogP contribution in [0.25, 0.3) is 10.6 Å². The molecule has 0 bridgehead atoms. The molecule has 0 unspecified atom stereocenters. The van der Waals surface area contributed by atoms with Crippen LogP contribution in [0.15, 0.2) is 36.0 Å². The third kappa shape index (κ3) is 4.73. The number of carbonyl (C=O) groups is 2. The number of thiazole rings is 1. The van der Waals surface area contributed by atoms with Gasteiger partial charge < -0.3 is 10.1 Å². The Labute approximate surface area is 156 Å². The van der Waals surface area contributed by atoms with E-state index < -0.39 is 30.1 Å². The fourth-order valence-corrected chi connectivity index (χ4v) is 2.94. The molecular weight excluding hydrogens is 378 g/mol. The average Bonchev–Trinajstić information content (AvgIpc) is 3.26. The zero-order valence-electron chi connectivity index (χ0n) is 14.1. The van der Waals surface area contributed by atoms with Gasteiger partial charge in [-0.2, -0.15) is 5.10 Å². The van der Waals surface area contributed by atoms with Gasteiger partial charge in [0, 0.05) is 30.3 Å². The first-order valence-electron chi connectivity index (χ1n) is 7.74. The number of aromatic nitrogens is 3. The summed E-state index contributed by atoms with van der Waals surface area (Å²) in [6.45, 7) is -0.508. The molecule has 140 valence electrons. The number of rotatable bonds is 6. The van der Waals surface area contributed by atoms with Crippen molar-refractivity contribution in [1.82, 2.24) is 20.1 Å². The van der Waals surface area contributed by atoms with Gasteiger partial charge in [-0.25, -0.2) is 13.8 Å². The second kappa shape index (κ2) is 8.04. The maximum absolute atomic E-state index is 13.5. The van der Waals surface area contributed by atoms with E-state index in [9.17, 15) is 18.4 Å². The van der Waals surface area contributed by atoms with E-state index >= 15 is 0 Å². The van der Waals surface area contributed by atoms with Gasteiger partial charge >= 0.3 is 5.97 Å². The van der Waals surface area contributed by atoms with Crippen molar-refractivity contribution in [2.24, 2.45) is 7.05 Å². The molecule has 3 aromatic rings. The van der Waals surface area contributed by atoms with Crippen LogP contribution in [0.5, 0.6) is 0 Å². The summed E-state index contributed by atoms with van der Waals surface area (Å²) in [5.41, 5.74) is 1.06. The van der Waals surface area contributed by atoms with Gasteiger partial charge in [0.25, 0.3) is 5.91 Å². The highest BCUT2D eigenvalue weighted by molar-refractivity contribution is 7.13. The maximum Gasteiger partial charge on any atom is 0.325 e. The molecule has 0 fully saturated rings. The Balaban J connectivity index is 1.48. The number of carbonyl (C=O) groups excluding carboxylic acids is 2. The predicted molar refractivity (Wildman–Crippen MR) is 92.8 cm³/mol. The lowest BCUT2D eigenvalue weighted by Crippen LogP contribution is -2.31. The molecule has 1 N–H and O–H groups in total. The van der Waals surface area contributed by atoms with Crippen molar-refractivity contribution < 1.29 is 23.1 Å². The number of nitrogens with one attached hydrogen (secondary N) is 1. The van der Waals surface area contributed by atoms with E-state index in [-0.39, 0.29) is 12.2 Å². The van der Waals surface area contributed by atoms with Crippen LogP contribution in [0.2, 0.25) is 0 Å². The highest BCUT2D eigenvalue weighted by Gasteiger charge is 2.14. The molecule has 0 atom stereocenters. The van der Waals surface area contributed by atoms with Gasteiger partial charge in [0.1, 0.15) is 29.8 Å². The normalized spacial score (nSPS) is 10.6. The zero-order valence-corrected chi connectivity index (χ0v) is 14.9. The molecule has 2 aromatic heterocycles. The number of nitrogens with zero attached hydrogens (tertiary/aromatic N) is 3. The molecular formula is C17H14F2N4O3S. The summed E-state index contributed by atoms with van der Waals surface area (Å²) in [4.78, 5) is 27.9. The number of esters is 1. The summed E-state index contributed by atoms with van der Waals surface area (Å²) in [6.07, 6.45) is 3.50. The third-order valence-electron chi connectivity index (χ3n) is 3.45. The Bertz CT molecular complexity index is 986. The molecule has 3 rings (SSSR count). The van der Waals surface area contributed by atoms with Crippen molar-refractivity contribution in [1.29, 1.82) is 0 Å². The van der Waals surface area contributed by atoms with Gasteiger partial charge in [-0.1, -0.05) is 0 Å². The molecule has 2 heterocycles. The number of halogens is 2. The smallest absolute Gasteiger partial charge is 0.325 e. The number of hydrogen-bond acceptors (Lipinski definition) is 6. The van der Waals surface area contributed by atoms with Gasteiger partial charge in [0.2, 0.25) is 0 Å². The third-order valence-corrected chi connectivity index (χ3v) is 4.39. The first-order valence-corrected chi connectivity index (χ1v) is 8.62. The summed E-state index contributed by atoms with van der Waals surface area (Å²) in [6, 6.07) is 2.55. The van der Waals surface area contributed by atoms with Gasteiger partial charge in [-0.3, -0.25) is 14.3 Å². The minimum atomic E-state index is -1.01. The summed E-state index contributed by atoms with van der Waals surface area (Å²) in [5, 5.41) is 8.78. The van der Waals surface area contributed by atoms with E-state index in [1.165, 1.54) is 11.3 Å². The topological polar surface area (TPSA) is 86.1 Å². The Hall–Kier alpha value is -3.14. The molecule has 10 heteroatoms. The molecule has 0 aliphatic heterocycles. The quantitative estimate of drug-likeness (QED) is 0.651. The largest absolute Gasteiger partial charge is 0.458 e. The van der Waals surface area contributed by atoms with Crippen molar-refractivity contribution >= 4 is 23.2 Å². The Morgan fingerprint density at radius 3 is 2.85 bits per heavy atom. The molecule has 0 aliphatic rings. The number of benzene rings is 1. The summed E-state index contributed by atoms with van der Waals surface area (Å²) in [5.74, 6) is -3.34. The van der Waals surface area contributed by atoms with Crippen molar-refractivity contribution in [3.05, 3.63) is 58.9 Å². The van der Waals surface area contributed by atoms with Gasteiger partial charge in [-0.05, 0) is 12.1 Å². The van der Waals surface area contributed by atoms with Crippen LogP contribution < -0.4 is 5.32 Å². The molecule has 0 aliphatic carbocycles. The standard InChI is InChI=1S/C17H14F2N4O3S/c1-23-7-10(5-21-23)17-22-12(9-27-17)8-26-15(24)6-20-16(25)13-3-2-11(18)4-14(13)19/h2-5,7,9H,6,8H2,1H3,(H,20,25). The van der Waals surface area contributed by atoms with E-state index in [2.05, 4.69) is 15.4 Å². The van der Waals surface area contributed by atoms with Gasteiger partial charge in [0.05, 0.1) is 17.5 Å². The fraction of sp³-hybridized carbons (Fsp3) is 0.176. The molecule has 0 radical (unpaired) electrons. The van der Waals surface area contributed by atoms with Crippen LogP contribution in [0.3, 0.4) is 0 Å². The van der Waals surface area contributed by atoms with Crippen molar-refractivity contribution in [2.45, 2.75) is 6.61 Å². The molecule has 7 nitrogen and oxygen atoms in total. The molecule has 0 saturated carbocycles. The lowest BCUT2D eigenvalue weighted by atomic mass is 10.2. The van der Waals surface area contributed by atoms with Crippen LogP contribution >= 0.6 is 11.3 Å². The molecule has 27 heavy (non-hydrogen) atoms. The van der Waals surface area contributed by atoms with Crippen LogP contribution in [0, 0.1) is 11.6 Å². The van der Waals surface area contributed by atoms with E-state index in [0.29, 0.717) is 11.8 Å². The number of hydrogen-bond donors (Lipinski definition) is 1. The first-order chi connectivity index (χ1) is 12.9. The van der Waals surface area contributed by atoms with Crippen LogP contribution in [0.1, 0.15) is 16.1 Å². The van der Waals surface area contributed by atoms with E-state index in [0.717, 1.165) is 22.7 Å². The SMILES string of the molecule is Cn1cc(-c2nc(COC(=O)CNC(=O)c3ccc(F)cc3F)cs2)cn1. The molecule has 1 amide bonds. The lowest BCUT2D eigenvalue weighted by molar-refractivity contribution is -0.143. The summed E-state index contributed by atoms with van der Waals surface area (Å²) >= 11 is 1.39. The van der Waals surface area contributed by atoms with E-state index in [1.54, 1.807) is 23.3 Å². The minimum Gasteiger partial charge on any atom is -0.458 e. The first kappa shape index (κ1) is 18.6. The Morgan fingerprint density at radius 2 is 2.15 bits per heavy atom. The fourth-order valence-electron chi connectivity index (χ4n) is 2.16. The molecule has 1 aromatic carbocycles. The van der Waals surface area contributed by atoms with Gasteiger partial charge in [-0.15, -0.1) is 11.3 Å². The minimum absolute atomic E-state index is 0.0592. The zero-order chi connectivity index (χ0) is 19.4. The number of aryl methyl sites for hydroxylation is 1. The average molecular weight is 392 g/mol.